The van der Waals surface area contributed by atoms with Gasteiger partial charge in [-0.15, -0.1) is 0 Å². The highest BCUT2D eigenvalue weighted by molar-refractivity contribution is 7.65. The standard InChI is InChI=1S/C27H29FNO5P/c1-17(2)26-23(13-14-35(33,34)16-22(30)15-24(31)32)25(19-9-11-21(28)12-10-19)18(3)27(29-26)20-7-5-4-6-8-20/h4-12,17,33-34H,13-16H2,1-3H3/p+1. The summed E-state index contributed by atoms with van der Waals surface area (Å²) in [5.74, 6) is -2.37. The molecule has 35 heavy (non-hydrogen) atoms. The van der Waals surface area contributed by atoms with E-state index in [9.17, 15) is 23.8 Å². The summed E-state index contributed by atoms with van der Waals surface area (Å²) in [6.07, 6.45) is -1.17. The summed E-state index contributed by atoms with van der Waals surface area (Å²) in [5, 5.41) is 8.81. The van der Waals surface area contributed by atoms with E-state index in [1.54, 1.807) is 12.1 Å². The Morgan fingerprint density at radius 1 is 1.00 bits per heavy atom. The molecule has 0 fully saturated rings. The Morgan fingerprint density at radius 3 is 2.20 bits per heavy atom. The zero-order valence-corrected chi connectivity index (χ0v) is 20.9. The van der Waals surface area contributed by atoms with Crippen molar-refractivity contribution in [3.05, 3.63) is 77.2 Å². The molecule has 0 aliphatic heterocycles. The average Bonchev–Trinajstić information content (AvgIpc) is 2.78. The molecular formula is C27H30FNO5P+. The summed E-state index contributed by atoms with van der Waals surface area (Å²) < 4.78 is 13.7. The minimum atomic E-state index is -3.68. The van der Waals surface area contributed by atoms with Gasteiger partial charge in [-0.1, -0.05) is 56.3 Å². The van der Waals surface area contributed by atoms with Crippen molar-refractivity contribution in [3.63, 3.8) is 0 Å². The lowest BCUT2D eigenvalue weighted by Gasteiger charge is -2.23. The summed E-state index contributed by atoms with van der Waals surface area (Å²) >= 11 is 0. The van der Waals surface area contributed by atoms with Gasteiger partial charge in [-0.25, -0.2) is 14.2 Å². The van der Waals surface area contributed by atoms with Crippen LogP contribution in [0.25, 0.3) is 22.4 Å². The Balaban J connectivity index is 2.12. The van der Waals surface area contributed by atoms with E-state index in [1.165, 1.54) is 12.1 Å². The smallest absolute Gasteiger partial charge is 0.311 e. The highest BCUT2D eigenvalue weighted by Crippen LogP contribution is 2.51. The van der Waals surface area contributed by atoms with Crippen LogP contribution in [0.1, 0.15) is 43.0 Å². The first-order valence-electron chi connectivity index (χ1n) is 11.4. The SMILES string of the molecule is Cc1c(-c2ccccc2)nc(C(C)C)c(CC[P+](O)(O)CC(=O)CC(=O)O)c1-c1ccc(F)cc1. The molecule has 0 bridgehead atoms. The van der Waals surface area contributed by atoms with Crippen molar-refractivity contribution < 1.29 is 28.9 Å². The van der Waals surface area contributed by atoms with Crippen LogP contribution >= 0.6 is 7.72 Å². The van der Waals surface area contributed by atoms with Crippen LogP contribution in [-0.4, -0.2) is 44.0 Å². The van der Waals surface area contributed by atoms with E-state index in [1.807, 2.05) is 51.1 Å². The van der Waals surface area contributed by atoms with E-state index < -0.39 is 32.1 Å². The van der Waals surface area contributed by atoms with Crippen LogP contribution in [-0.2, 0) is 16.0 Å². The fourth-order valence-corrected chi connectivity index (χ4v) is 5.65. The highest BCUT2D eigenvalue weighted by atomic mass is 31.2. The lowest BCUT2D eigenvalue weighted by molar-refractivity contribution is -0.139. The molecule has 0 saturated carbocycles. The molecule has 3 rings (SSSR count). The summed E-state index contributed by atoms with van der Waals surface area (Å²) in [6.45, 7) is 5.94. The van der Waals surface area contributed by atoms with Gasteiger partial charge in [0.15, 0.2) is 11.9 Å². The largest absolute Gasteiger partial charge is 0.481 e. The second-order valence-corrected chi connectivity index (χ2v) is 11.5. The van der Waals surface area contributed by atoms with Crippen LogP contribution in [0.2, 0.25) is 0 Å². The van der Waals surface area contributed by atoms with Gasteiger partial charge in [0.05, 0.1) is 5.69 Å². The average molecular weight is 499 g/mol. The molecule has 1 heterocycles. The van der Waals surface area contributed by atoms with E-state index in [0.717, 1.165) is 39.2 Å². The number of benzene rings is 2. The van der Waals surface area contributed by atoms with Crippen LogP contribution in [0.3, 0.4) is 0 Å². The van der Waals surface area contributed by atoms with Gasteiger partial charge < -0.3 is 5.11 Å². The van der Waals surface area contributed by atoms with Gasteiger partial charge in [0, 0.05) is 17.7 Å². The molecule has 0 aliphatic rings. The van der Waals surface area contributed by atoms with Crippen molar-refractivity contribution in [2.75, 3.05) is 12.3 Å². The van der Waals surface area contributed by atoms with E-state index in [4.69, 9.17) is 10.1 Å². The van der Waals surface area contributed by atoms with Crippen molar-refractivity contribution >= 4 is 19.5 Å². The number of carboxylic acids is 1. The van der Waals surface area contributed by atoms with Gasteiger partial charge >= 0.3 is 5.97 Å². The Hall–Kier alpha value is -2.99. The molecule has 2 aromatic carbocycles. The molecule has 0 radical (unpaired) electrons. The number of carbonyl (C=O) groups is 2. The number of ketones is 1. The Morgan fingerprint density at radius 2 is 1.63 bits per heavy atom. The summed E-state index contributed by atoms with van der Waals surface area (Å²) in [7, 11) is -3.68. The monoisotopic (exact) mass is 498 g/mol. The second-order valence-electron chi connectivity index (χ2n) is 8.97. The number of hydrogen-bond donors (Lipinski definition) is 3. The van der Waals surface area contributed by atoms with E-state index in [0.29, 0.717) is 0 Å². The number of halogens is 1. The first-order chi connectivity index (χ1) is 16.5. The fraction of sp³-hybridized carbons (Fsp3) is 0.296. The van der Waals surface area contributed by atoms with Crippen LogP contribution in [0, 0.1) is 12.7 Å². The van der Waals surface area contributed by atoms with Crippen LogP contribution in [0.4, 0.5) is 4.39 Å². The number of aliphatic carboxylic acids is 1. The number of carboxylic acid groups (broad SMARTS) is 1. The molecule has 0 atom stereocenters. The van der Waals surface area contributed by atoms with Gasteiger partial charge in [-0.2, -0.15) is 0 Å². The molecule has 8 heteroatoms. The molecular weight excluding hydrogens is 468 g/mol. The lowest BCUT2D eigenvalue weighted by atomic mass is 9.87. The maximum Gasteiger partial charge on any atom is 0.311 e. The number of pyridine rings is 1. The quantitative estimate of drug-likeness (QED) is 0.255. The number of rotatable bonds is 10. The molecule has 3 aromatic rings. The third-order valence-corrected chi connectivity index (χ3v) is 7.60. The number of nitrogens with zero attached hydrogens (tertiary/aromatic N) is 1. The highest BCUT2D eigenvalue weighted by Gasteiger charge is 2.37. The molecule has 0 unspecified atom stereocenters. The Kier molecular flexibility index (Phi) is 8.49. The maximum atomic E-state index is 13.7. The first kappa shape index (κ1) is 26.6. The molecule has 184 valence electrons. The minimum Gasteiger partial charge on any atom is -0.481 e. The van der Waals surface area contributed by atoms with Crippen LogP contribution in [0.15, 0.2) is 54.6 Å². The Labute approximate surface area is 205 Å². The van der Waals surface area contributed by atoms with Crippen LogP contribution in [0.5, 0.6) is 0 Å². The number of hydrogen-bond acceptors (Lipinski definition) is 5. The molecule has 0 saturated heterocycles. The predicted octanol–water partition coefficient (Wildman–Crippen LogP) is 5.41. The fourth-order valence-electron chi connectivity index (χ4n) is 4.24. The molecule has 0 aliphatic carbocycles. The number of Topliss-reactive ketones (excluding diaryl/α,β-unsaturated/α-hetero) is 1. The van der Waals surface area contributed by atoms with E-state index >= 15 is 0 Å². The molecule has 1 aromatic heterocycles. The van der Waals surface area contributed by atoms with Crippen LogP contribution < -0.4 is 0 Å². The molecule has 0 spiro atoms. The van der Waals surface area contributed by atoms with Crippen molar-refractivity contribution in [1.29, 1.82) is 0 Å². The zero-order chi connectivity index (χ0) is 25.8. The number of carbonyl (C=O) groups excluding carboxylic acids is 1. The normalized spacial score (nSPS) is 11.6. The Bertz CT molecular complexity index is 1210. The third-order valence-electron chi connectivity index (χ3n) is 5.80. The van der Waals surface area contributed by atoms with Crippen molar-refractivity contribution in [3.8, 4) is 22.4 Å². The molecule has 6 nitrogen and oxygen atoms in total. The van der Waals surface area contributed by atoms with Gasteiger partial charge in [-0.3, -0.25) is 14.6 Å². The summed E-state index contributed by atoms with van der Waals surface area (Å²) in [5.41, 5.74) is 5.83. The van der Waals surface area contributed by atoms with Crippen molar-refractivity contribution in [2.24, 2.45) is 0 Å². The summed E-state index contributed by atoms with van der Waals surface area (Å²) in [4.78, 5) is 48.8. The third kappa shape index (κ3) is 6.79. The van der Waals surface area contributed by atoms with Gasteiger partial charge in [0.2, 0.25) is 0 Å². The maximum absolute atomic E-state index is 13.7. The molecule has 3 N–H and O–H groups in total. The van der Waals surface area contributed by atoms with E-state index in [-0.39, 0.29) is 24.3 Å². The topological polar surface area (TPSA) is 108 Å². The van der Waals surface area contributed by atoms with Gasteiger partial charge in [0.25, 0.3) is 7.72 Å². The zero-order valence-electron chi connectivity index (χ0n) is 20.0. The van der Waals surface area contributed by atoms with Gasteiger partial charge in [-0.05, 0) is 47.2 Å². The van der Waals surface area contributed by atoms with Gasteiger partial charge in [0.1, 0.15) is 18.4 Å². The summed E-state index contributed by atoms with van der Waals surface area (Å²) in [6, 6.07) is 15.9. The molecule has 0 amide bonds. The van der Waals surface area contributed by atoms with E-state index in [2.05, 4.69) is 0 Å². The van der Waals surface area contributed by atoms with Crippen molar-refractivity contribution in [2.45, 2.75) is 39.5 Å². The second kappa shape index (κ2) is 11.2. The number of aromatic nitrogens is 1. The lowest BCUT2D eigenvalue weighted by Crippen LogP contribution is -2.17. The first-order valence-corrected chi connectivity index (χ1v) is 13.5. The van der Waals surface area contributed by atoms with Crippen molar-refractivity contribution in [1.82, 2.24) is 4.98 Å². The predicted molar refractivity (Wildman–Crippen MR) is 136 cm³/mol. The minimum absolute atomic E-state index is 0.00558.